The van der Waals surface area contributed by atoms with E-state index < -0.39 is 0 Å². The molecule has 0 radical (unpaired) electrons. The van der Waals surface area contributed by atoms with E-state index in [-0.39, 0.29) is 0 Å². The van der Waals surface area contributed by atoms with Gasteiger partial charge in [0.2, 0.25) is 0 Å². The van der Waals surface area contributed by atoms with E-state index in [1.165, 1.54) is 16.0 Å². The molecule has 0 fully saturated rings. The number of ether oxygens (including phenoxy) is 1. The lowest BCUT2D eigenvalue weighted by Gasteiger charge is -2.18. The molecule has 0 bridgehead atoms. The highest BCUT2D eigenvalue weighted by atomic mass is 32.2. The second-order valence-electron chi connectivity index (χ2n) is 5.41. The van der Waals surface area contributed by atoms with Gasteiger partial charge in [-0.3, -0.25) is 0 Å². The van der Waals surface area contributed by atoms with Gasteiger partial charge in [0.05, 0.1) is 0 Å². The van der Waals surface area contributed by atoms with Crippen molar-refractivity contribution in [2.75, 3.05) is 13.7 Å². The first-order valence-electron chi connectivity index (χ1n) is 7.41. The summed E-state index contributed by atoms with van der Waals surface area (Å²) in [5, 5.41) is 3.79. The van der Waals surface area contributed by atoms with Crippen LogP contribution in [-0.4, -0.2) is 18.9 Å². The molecule has 0 saturated heterocycles. The molecule has 1 heterocycles. The fourth-order valence-electron chi connectivity index (χ4n) is 2.65. The summed E-state index contributed by atoms with van der Waals surface area (Å²) in [6.45, 7) is 2.91. The van der Waals surface area contributed by atoms with Crippen LogP contribution in [-0.2, 0) is 6.42 Å². The Morgan fingerprint density at radius 1 is 1.19 bits per heavy atom. The lowest BCUT2D eigenvalue weighted by Crippen LogP contribution is -2.17. The van der Waals surface area contributed by atoms with Gasteiger partial charge < -0.3 is 10.1 Å². The van der Waals surface area contributed by atoms with Crippen molar-refractivity contribution in [1.82, 2.24) is 5.32 Å². The fraction of sp³-hybridized carbons (Fsp3) is 0.333. The van der Waals surface area contributed by atoms with Gasteiger partial charge in [-0.2, -0.15) is 0 Å². The third kappa shape index (κ3) is 3.25. The first-order valence-corrected chi connectivity index (χ1v) is 8.29. The molecule has 2 aromatic carbocycles. The number of rotatable bonds is 5. The minimum atomic E-state index is 0.301. The molecule has 3 heteroatoms. The van der Waals surface area contributed by atoms with Crippen molar-refractivity contribution in [3.05, 3.63) is 59.7 Å². The molecule has 2 aromatic rings. The van der Waals surface area contributed by atoms with E-state index in [9.17, 15) is 0 Å². The van der Waals surface area contributed by atoms with Gasteiger partial charge in [0.15, 0.2) is 0 Å². The molecule has 1 aliphatic rings. The smallest absolute Gasteiger partial charge is 0.124 e. The summed E-state index contributed by atoms with van der Waals surface area (Å²) in [5.41, 5.74) is 2.67. The Bertz CT molecular complexity index is 589. The summed E-state index contributed by atoms with van der Waals surface area (Å²) in [7, 11) is 1.98. The Balaban J connectivity index is 1.65. The predicted octanol–water partition coefficient (Wildman–Crippen LogP) is 4.06. The Kier molecular flexibility index (Phi) is 4.51. The van der Waals surface area contributed by atoms with Crippen LogP contribution in [0.1, 0.15) is 24.1 Å². The summed E-state index contributed by atoms with van der Waals surface area (Å²) in [6.07, 6.45) is 1.10. The van der Waals surface area contributed by atoms with E-state index in [4.69, 9.17) is 4.74 Å². The number of benzene rings is 2. The van der Waals surface area contributed by atoms with Crippen LogP contribution in [0, 0.1) is 0 Å². The number of thioether (sulfide) groups is 1. The molecule has 0 spiro atoms. The van der Waals surface area contributed by atoms with Crippen molar-refractivity contribution in [1.29, 1.82) is 0 Å². The molecule has 2 unspecified atom stereocenters. The molecule has 0 aromatic heterocycles. The largest absolute Gasteiger partial charge is 0.492 e. The highest BCUT2D eigenvalue weighted by Crippen LogP contribution is 2.37. The van der Waals surface area contributed by atoms with Crippen LogP contribution < -0.4 is 10.1 Å². The maximum absolute atomic E-state index is 6.11. The fourth-order valence-corrected chi connectivity index (χ4v) is 3.87. The first kappa shape index (κ1) is 14.5. The third-order valence-electron chi connectivity index (χ3n) is 3.96. The summed E-state index contributed by atoms with van der Waals surface area (Å²) in [4.78, 5) is 1.41. The summed E-state index contributed by atoms with van der Waals surface area (Å²) in [5.74, 6) is 0.996. The van der Waals surface area contributed by atoms with Crippen LogP contribution in [0.15, 0.2) is 53.4 Å². The Labute approximate surface area is 130 Å². The first-order chi connectivity index (χ1) is 10.3. The van der Waals surface area contributed by atoms with E-state index in [1.807, 2.05) is 24.9 Å². The summed E-state index contributed by atoms with van der Waals surface area (Å²) >= 11 is 1.93. The number of para-hydroxylation sites is 1. The number of fused-ring (bicyclic) bond motifs is 1. The maximum atomic E-state index is 6.11. The molecule has 0 saturated carbocycles. The lowest BCUT2D eigenvalue weighted by atomic mass is 10.1. The van der Waals surface area contributed by atoms with Gasteiger partial charge in [0, 0.05) is 21.8 Å². The average Bonchev–Trinajstić information content (AvgIpc) is 2.95. The molecule has 0 aliphatic carbocycles. The summed E-state index contributed by atoms with van der Waals surface area (Å²) in [6, 6.07) is 17.3. The minimum absolute atomic E-state index is 0.301. The van der Waals surface area contributed by atoms with Gasteiger partial charge in [-0.15, -0.1) is 11.8 Å². The number of hydrogen-bond donors (Lipinski definition) is 1. The minimum Gasteiger partial charge on any atom is -0.492 e. The van der Waals surface area contributed by atoms with Crippen LogP contribution in [0.25, 0.3) is 0 Å². The SMILES string of the molecule is CNC(C)c1ccccc1OCC1Cc2ccccc2S1. The van der Waals surface area contributed by atoms with E-state index in [0.29, 0.717) is 11.3 Å². The van der Waals surface area contributed by atoms with Gasteiger partial charge in [0.1, 0.15) is 12.4 Å². The van der Waals surface area contributed by atoms with E-state index >= 15 is 0 Å². The lowest BCUT2D eigenvalue weighted by molar-refractivity contribution is 0.311. The monoisotopic (exact) mass is 299 g/mol. The molecule has 3 rings (SSSR count). The van der Waals surface area contributed by atoms with Crippen LogP contribution in [0.5, 0.6) is 5.75 Å². The Hall–Kier alpha value is -1.45. The van der Waals surface area contributed by atoms with Crippen LogP contribution in [0.3, 0.4) is 0 Å². The maximum Gasteiger partial charge on any atom is 0.124 e. The van der Waals surface area contributed by atoms with Crippen molar-refractivity contribution >= 4 is 11.8 Å². The van der Waals surface area contributed by atoms with Gasteiger partial charge in [-0.1, -0.05) is 36.4 Å². The normalized spacial score (nSPS) is 18.3. The van der Waals surface area contributed by atoms with Crippen molar-refractivity contribution in [3.8, 4) is 5.75 Å². The van der Waals surface area contributed by atoms with Gasteiger partial charge in [-0.25, -0.2) is 0 Å². The van der Waals surface area contributed by atoms with E-state index in [2.05, 4.69) is 54.7 Å². The zero-order chi connectivity index (χ0) is 14.7. The topological polar surface area (TPSA) is 21.3 Å². The standard InChI is InChI=1S/C18H21NOS/c1-13(19-2)16-8-4-5-9-17(16)20-12-15-11-14-7-3-6-10-18(14)21-15/h3-10,13,15,19H,11-12H2,1-2H3. The molecule has 110 valence electrons. The molecule has 2 nitrogen and oxygen atoms in total. The molecule has 2 atom stereocenters. The van der Waals surface area contributed by atoms with Crippen LogP contribution in [0.2, 0.25) is 0 Å². The second kappa shape index (κ2) is 6.54. The van der Waals surface area contributed by atoms with Gasteiger partial charge in [-0.05, 0) is 38.1 Å². The van der Waals surface area contributed by atoms with Crippen LogP contribution in [0.4, 0.5) is 0 Å². The van der Waals surface area contributed by atoms with Gasteiger partial charge >= 0.3 is 0 Å². The molecular weight excluding hydrogens is 278 g/mol. The quantitative estimate of drug-likeness (QED) is 0.899. The molecule has 1 aliphatic heterocycles. The van der Waals surface area contributed by atoms with Crippen LogP contribution >= 0.6 is 11.8 Å². The Morgan fingerprint density at radius 2 is 1.95 bits per heavy atom. The second-order valence-corrected chi connectivity index (χ2v) is 6.75. The van der Waals surface area contributed by atoms with Crippen molar-refractivity contribution in [2.24, 2.45) is 0 Å². The third-order valence-corrected chi connectivity index (χ3v) is 5.25. The summed E-state index contributed by atoms with van der Waals surface area (Å²) < 4.78 is 6.11. The highest BCUT2D eigenvalue weighted by molar-refractivity contribution is 8.00. The Morgan fingerprint density at radius 3 is 2.76 bits per heavy atom. The predicted molar refractivity (Wildman–Crippen MR) is 89.2 cm³/mol. The van der Waals surface area contributed by atoms with Crippen molar-refractivity contribution < 1.29 is 4.74 Å². The average molecular weight is 299 g/mol. The van der Waals surface area contributed by atoms with Gasteiger partial charge in [0.25, 0.3) is 0 Å². The zero-order valence-electron chi connectivity index (χ0n) is 12.5. The van der Waals surface area contributed by atoms with E-state index in [1.54, 1.807) is 0 Å². The molecular formula is C18H21NOS. The van der Waals surface area contributed by atoms with E-state index in [0.717, 1.165) is 18.8 Å². The molecule has 21 heavy (non-hydrogen) atoms. The number of nitrogens with one attached hydrogen (secondary N) is 1. The molecule has 0 amide bonds. The molecule has 1 N–H and O–H groups in total. The highest BCUT2D eigenvalue weighted by Gasteiger charge is 2.22. The van der Waals surface area contributed by atoms with Crippen molar-refractivity contribution in [2.45, 2.75) is 29.5 Å². The van der Waals surface area contributed by atoms with Crippen molar-refractivity contribution in [3.63, 3.8) is 0 Å². The zero-order valence-corrected chi connectivity index (χ0v) is 13.3. The number of hydrogen-bond acceptors (Lipinski definition) is 3.